The van der Waals surface area contributed by atoms with Crippen LogP contribution in [0.2, 0.25) is 5.02 Å². The van der Waals surface area contributed by atoms with Crippen molar-refractivity contribution in [2.75, 3.05) is 20.1 Å². The van der Waals surface area contributed by atoms with Crippen LogP contribution in [0.1, 0.15) is 17.5 Å². The molecule has 1 N–H and O–H groups in total. The minimum atomic E-state index is -0.598. The lowest BCUT2D eigenvalue weighted by molar-refractivity contribution is -0.138. The Hall–Kier alpha value is -2.45. The van der Waals surface area contributed by atoms with E-state index in [4.69, 9.17) is 11.6 Å². The fraction of sp³-hybridized carbons (Fsp3) is 0.421. The molecule has 0 aliphatic carbocycles. The van der Waals surface area contributed by atoms with Gasteiger partial charge in [0, 0.05) is 57.1 Å². The second-order valence-electron chi connectivity index (χ2n) is 6.99. The first-order chi connectivity index (χ1) is 13.3. The lowest BCUT2D eigenvalue weighted by Crippen LogP contribution is -2.56. The third-order valence-corrected chi connectivity index (χ3v) is 5.15. The fourth-order valence-corrected chi connectivity index (χ4v) is 3.51. The number of piperazine rings is 1. The smallest absolute Gasteiger partial charge is 0.237 e. The molecule has 3 rings (SSSR count). The molecular weight excluding hydrogens is 385 g/mol. The number of hydrogen-bond acceptors (Lipinski definition) is 4. The largest absolute Gasteiger partial charge is 0.353 e. The first-order valence-corrected chi connectivity index (χ1v) is 9.38. The Morgan fingerprint density at radius 2 is 2.25 bits per heavy atom. The van der Waals surface area contributed by atoms with E-state index in [0.29, 0.717) is 31.2 Å². The lowest BCUT2D eigenvalue weighted by Gasteiger charge is -2.35. The maximum atomic E-state index is 13.3. The molecule has 150 valence electrons. The maximum absolute atomic E-state index is 13.3. The molecule has 1 saturated heterocycles. The number of carbonyl (C=O) groups is 2. The van der Waals surface area contributed by atoms with Gasteiger partial charge in [0.05, 0.1) is 18.7 Å². The van der Waals surface area contributed by atoms with Crippen LogP contribution in [0, 0.1) is 5.82 Å². The summed E-state index contributed by atoms with van der Waals surface area (Å²) in [6.45, 7) is 1.87. The Bertz CT molecular complexity index is 872. The van der Waals surface area contributed by atoms with E-state index < -0.39 is 11.9 Å². The van der Waals surface area contributed by atoms with Crippen molar-refractivity contribution in [2.45, 2.75) is 25.6 Å². The summed E-state index contributed by atoms with van der Waals surface area (Å²) in [5.41, 5.74) is 1.64. The van der Waals surface area contributed by atoms with Crippen LogP contribution in [-0.4, -0.2) is 57.6 Å². The lowest BCUT2D eigenvalue weighted by atomic mass is 10.1. The summed E-state index contributed by atoms with van der Waals surface area (Å²) in [5, 5.41) is 7.22. The minimum Gasteiger partial charge on any atom is -0.353 e. The zero-order valence-electron chi connectivity index (χ0n) is 15.9. The van der Waals surface area contributed by atoms with Crippen molar-refractivity contribution in [2.24, 2.45) is 7.05 Å². The van der Waals surface area contributed by atoms with Crippen molar-refractivity contribution >= 4 is 23.4 Å². The summed E-state index contributed by atoms with van der Waals surface area (Å²) in [5.74, 6) is -0.734. The van der Waals surface area contributed by atoms with E-state index in [1.807, 2.05) is 18.1 Å². The molecule has 7 nitrogen and oxygen atoms in total. The second kappa shape index (κ2) is 8.70. The van der Waals surface area contributed by atoms with Gasteiger partial charge < -0.3 is 10.2 Å². The number of rotatable bonds is 6. The van der Waals surface area contributed by atoms with E-state index >= 15 is 0 Å². The first-order valence-electron chi connectivity index (χ1n) is 9.00. The maximum Gasteiger partial charge on any atom is 0.237 e. The van der Waals surface area contributed by atoms with Gasteiger partial charge in [-0.2, -0.15) is 5.10 Å². The number of aryl methyl sites for hydroxylation is 1. The van der Waals surface area contributed by atoms with Gasteiger partial charge in [-0.3, -0.25) is 19.2 Å². The molecule has 1 aromatic heterocycles. The van der Waals surface area contributed by atoms with Gasteiger partial charge in [0.15, 0.2) is 0 Å². The van der Waals surface area contributed by atoms with Crippen LogP contribution >= 0.6 is 11.6 Å². The molecule has 1 aliphatic heterocycles. The van der Waals surface area contributed by atoms with Crippen molar-refractivity contribution in [3.63, 3.8) is 0 Å². The Morgan fingerprint density at radius 3 is 2.93 bits per heavy atom. The van der Waals surface area contributed by atoms with E-state index in [0.717, 1.165) is 11.1 Å². The molecule has 1 aromatic carbocycles. The molecule has 9 heteroatoms. The normalized spacial score (nSPS) is 17.4. The number of aromatic nitrogens is 2. The van der Waals surface area contributed by atoms with Crippen LogP contribution in [0.4, 0.5) is 4.39 Å². The standard InChI is InChI=1S/C19H23ClFN5O2/c1-24(10-13-9-23-25(2)11-13)18(27)8-17-19(28)22-5-6-26(17)12-14-3-4-15(21)7-16(14)20/h3-4,7,9,11,17H,5-6,8,10,12H2,1-2H3,(H,22,28). The van der Waals surface area contributed by atoms with Gasteiger partial charge in [-0.25, -0.2) is 4.39 Å². The molecule has 2 aromatic rings. The average molecular weight is 408 g/mol. The Labute approximate surface area is 168 Å². The number of hydrogen-bond donors (Lipinski definition) is 1. The van der Waals surface area contributed by atoms with Crippen LogP contribution < -0.4 is 5.32 Å². The average Bonchev–Trinajstić information content (AvgIpc) is 3.04. The van der Waals surface area contributed by atoms with E-state index in [1.165, 1.54) is 12.1 Å². The highest BCUT2D eigenvalue weighted by Gasteiger charge is 2.32. The summed E-state index contributed by atoms with van der Waals surface area (Å²) < 4.78 is 15.0. The Kier molecular flexibility index (Phi) is 6.31. The van der Waals surface area contributed by atoms with E-state index in [2.05, 4.69) is 10.4 Å². The monoisotopic (exact) mass is 407 g/mol. The molecule has 1 unspecified atom stereocenters. The molecule has 0 radical (unpaired) electrons. The molecule has 0 saturated carbocycles. The predicted molar refractivity (Wildman–Crippen MR) is 103 cm³/mol. The zero-order valence-corrected chi connectivity index (χ0v) is 16.6. The number of carbonyl (C=O) groups excluding carboxylic acids is 2. The Morgan fingerprint density at radius 1 is 1.46 bits per heavy atom. The molecule has 28 heavy (non-hydrogen) atoms. The molecule has 0 bridgehead atoms. The van der Waals surface area contributed by atoms with Crippen molar-refractivity contribution < 1.29 is 14.0 Å². The Balaban J connectivity index is 1.67. The molecule has 1 aliphatic rings. The SMILES string of the molecule is CN(Cc1cnn(C)c1)C(=O)CC1C(=O)NCCN1Cc1ccc(F)cc1Cl. The van der Waals surface area contributed by atoms with Crippen molar-refractivity contribution in [1.82, 2.24) is 24.9 Å². The summed E-state index contributed by atoms with van der Waals surface area (Å²) in [6.07, 6.45) is 3.61. The van der Waals surface area contributed by atoms with Crippen LogP contribution in [0.15, 0.2) is 30.6 Å². The summed E-state index contributed by atoms with van der Waals surface area (Å²) in [4.78, 5) is 28.6. The highest BCUT2D eigenvalue weighted by molar-refractivity contribution is 6.31. The summed E-state index contributed by atoms with van der Waals surface area (Å²) in [7, 11) is 3.52. The molecule has 1 atom stereocenters. The van der Waals surface area contributed by atoms with Crippen molar-refractivity contribution in [1.29, 1.82) is 0 Å². The van der Waals surface area contributed by atoms with Gasteiger partial charge in [-0.1, -0.05) is 17.7 Å². The molecule has 2 amide bonds. The zero-order chi connectivity index (χ0) is 20.3. The van der Waals surface area contributed by atoms with E-state index in [-0.39, 0.29) is 18.2 Å². The van der Waals surface area contributed by atoms with Gasteiger partial charge in [-0.05, 0) is 17.7 Å². The van der Waals surface area contributed by atoms with Gasteiger partial charge >= 0.3 is 0 Å². The van der Waals surface area contributed by atoms with Gasteiger partial charge in [0.2, 0.25) is 11.8 Å². The van der Waals surface area contributed by atoms with Gasteiger partial charge in [0.25, 0.3) is 0 Å². The minimum absolute atomic E-state index is 0.0570. The predicted octanol–water partition coefficient (Wildman–Crippen LogP) is 1.56. The third-order valence-electron chi connectivity index (χ3n) is 4.80. The number of nitrogens with one attached hydrogen (secondary N) is 1. The number of halogens is 2. The van der Waals surface area contributed by atoms with Gasteiger partial charge in [-0.15, -0.1) is 0 Å². The topological polar surface area (TPSA) is 70.5 Å². The summed E-state index contributed by atoms with van der Waals surface area (Å²) in [6, 6.07) is 3.60. The number of benzene rings is 1. The van der Waals surface area contributed by atoms with Crippen LogP contribution in [0.25, 0.3) is 0 Å². The second-order valence-corrected chi connectivity index (χ2v) is 7.40. The third kappa shape index (κ3) is 4.88. The highest BCUT2D eigenvalue weighted by atomic mass is 35.5. The first kappa shape index (κ1) is 20.3. The van der Waals surface area contributed by atoms with Crippen LogP contribution in [-0.2, 0) is 29.7 Å². The number of nitrogens with zero attached hydrogens (tertiary/aromatic N) is 4. The number of amides is 2. The van der Waals surface area contributed by atoms with Crippen LogP contribution in [0.5, 0.6) is 0 Å². The fourth-order valence-electron chi connectivity index (χ4n) is 3.28. The molecular formula is C19H23ClFN5O2. The van der Waals surface area contributed by atoms with Crippen LogP contribution in [0.3, 0.4) is 0 Å². The molecule has 0 spiro atoms. The van der Waals surface area contributed by atoms with E-state index in [9.17, 15) is 14.0 Å². The van der Waals surface area contributed by atoms with Crippen molar-refractivity contribution in [3.8, 4) is 0 Å². The highest BCUT2D eigenvalue weighted by Crippen LogP contribution is 2.22. The molecule has 2 heterocycles. The van der Waals surface area contributed by atoms with Crippen molar-refractivity contribution in [3.05, 3.63) is 52.6 Å². The molecule has 1 fully saturated rings. The van der Waals surface area contributed by atoms with E-state index in [1.54, 1.807) is 28.9 Å². The van der Waals surface area contributed by atoms with Gasteiger partial charge in [0.1, 0.15) is 5.82 Å². The quantitative estimate of drug-likeness (QED) is 0.789. The summed E-state index contributed by atoms with van der Waals surface area (Å²) >= 11 is 6.13.